The lowest BCUT2D eigenvalue weighted by Gasteiger charge is -2.05. The fraction of sp³-hybridized carbons (Fsp3) is 0.455. The molecular weight excluding hydrogens is 164 g/mol. The van der Waals surface area contributed by atoms with E-state index >= 15 is 0 Å². The summed E-state index contributed by atoms with van der Waals surface area (Å²) in [7, 11) is 0. The SMILES string of the molecule is CCCc1cc2c(cc1O)CCO2. The first-order valence-corrected chi connectivity index (χ1v) is 4.79. The van der Waals surface area contributed by atoms with Gasteiger partial charge in [0, 0.05) is 12.0 Å². The largest absolute Gasteiger partial charge is 0.508 e. The number of benzene rings is 1. The summed E-state index contributed by atoms with van der Waals surface area (Å²) in [6, 6.07) is 3.81. The Balaban J connectivity index is 2.37. The van der Waals surface area contributed by atoms with E-state index in [9.17, 15) is 5.11 Å². The van der Waals surface area contributed by atoms with Gasteiger partial charge in [0.05, 0.1) is 6.61 Å². The molecule has 1 aliphatic rings. The summed E-state index contributed by atoms with van der Waals surface area (Å²) in [6.45, 7) is 2.86. The van der Waals surface area contributed by atoms with Crippen LogP contribution in [0.5, 0.6) is 11.5 Å². The zero-order valence-corrected chi connectivity index (χ0v) is 7.84. The van der Waals surface area contributed by atoms with Gasteiger partial charge in [0.2, 0.25) is 0 Å². The highest BCUT2D eigenvalue weighted by Gasteiger charge is 2.14. The molecule has 0 radical (unpaired) electrons. The van der Waals surface area contributed by atoms with Gasteiger partial charge >= 0.3 is 0 Å². The predicted octanol–water partition coefficient (Wildman–Crippen LogP) is 2.28. The van der Waals surface area contributed by atoms with Crippen molar-refractivity contribution in [3.8, 4) is 11.5 Å². The zero-order chi connectivity index (χ0) is 9.26. The molecule has 0 fully saturated rings. The van der Waals surface area contributed by atoms with Gasteiger partial charge in [-0.25, -0.2) is 0 Å². The van der Waals surface area contributed by atoms with Gasteiger partial charge < -0.3 is 9.84 Å². The van der Waals surface area contributed by atoms with Crippen molar-refractivity contribution in [2.24, 2.45) is 0 Å². The van der Waals surface area contributed by atoms with Crippen molar-refractivity contribution in [1.82, 2.24) is 0 Å². The molecule has 2 rings (SSSR count). The fourth-order valence-electron chi connectivity index (χ4n) is 1.72. The van der Waals surface area contributed by atoms with Crippen molar-refractivity contribution in [3.05, 3.63) is 23.3 Å². The van der Waals surface area contributed by atoms with Crippen LogP contribution in [0.2, 0.25) is 0 Å². The molecule has 1 N–H and O–H groups in total. The molecule has 1 aliphatic heterocycles. The lowest BCUT2D eigenvalue weighted by atomic mass is 10.0. The molecule has 13 heavy (non-hydrogen) atoms. The maximum absolute atomic E-state index is 9.65. The molecule has 0 aromatic heterocycles. The summed E-state index contributed by atoms with van der Waals surface area (Å²) in [5.41, 5.74) is 2.14. The lowest BCUT2D eigenvalue weighted by molar-refractivity contribution is 0.356. The third-order valence-corrected chi connectivity index (χ3v) is 2.41. The van der Waals surface area contributed by atoms with Crippen LogP contribution in [0.4, 0.5) is 0 Å². The van der Waals surface area contributed by atoms with E-state index in [2.05, 4.69) is 6.92 Å². The Labute approximate surface area is 78.2 Å². The zero-order valence-electron chi connectivity index (χ0n) is 7.84. The van der Waals surface area contributed by atoms with Gasteiger partial charge in [-0.15, -0.1) is 0 Å². The number of fused-ring (bicyclic) bond motifs is 1. The van der Waals surface area contributed by atoms with E-state index in [0.29, 0.717) is 5.75 Å². The molecule has 2 nitrogen and oxygen atoms in total. The third-order valence-electron chi connectivity index (χ3n) is 2.41. The van der Waals surface area contributed by atoms with Crippen LogP contribution in [0.1, 0.15) is 24.5 Å². The number of aryl methyl sites for hydroxylation is 1. The minimum Gasteiger partial charge on any atom is -0.508 e. The fourth-order valence-corrected chi connectivity index (χ4v) is 1.72. The van der Waals surface area contributed by atoms with Crippen LogP contribution in [0.25, 0.3) is 0 Å². The molecule has 0 saturated heterocycles. The number of aromatic hydroxyl groups is 1. The predicted molar refractivity (Wildman–Crippen MR) is 51.3 cm³/mol. The van der Waals surface area contributed by atoms with Crippen LogP contribution in [0, 0.1) is 0 Å². The normalized spacial score (nSPS) is 13.9. The van der Waals surface area contributed by atoms with E-state index in [4.69, 9.17) is 4.74 Å². The average Bonchev–Trinajstić information content (AvgIpc) is 2.52. The second-order valence-corrected chi connectivity index (χ2v) is 3.44. The molecule has 0 aliphatic carbocycles. The molecule has 0 atom stereocenters. The van der Waals surface area contributed by atoms with E-state index in [1.807, 2.05) is 12.1 Å². The van der Waals surface area contributed by atoms with Crippen molar-refractivity contribution >= 4 is 0 Å². The Morgan fingerprint density at radius 3 is 3.08 bits per heavy atom. The molecule has 0 bridgehead atoms. The number of hydrogen-bond donors (Lipinski definition) is 1. The topological polar surface area (TPSA) is 29.5 Å². The number of phenolic OH excluding ortho intramolecular Hbond substituents is 1. The van der Waals surface area contributed by atoms with Gasteiger partial charge in [-0.05, 0) is 24.1 Å². The van der Waals surface area contributed by atoms with Crippen molar-refractivity contribution < 1.29 is 9.84 Å². The Morgan fingerprint density at radius 1 is 1.46 bits per heavy atom. The summed E-state index contributed by atoms with van der Waals surface area (Å²) >= 11 is 0. The molecular formula is C11H14O2. The Morgan fingerprint density at radius 2 is 2.31 bits per heavy atom. The van der Waals surface area contributed by atoms with Crippen molar-refractivity contribution in [2.45, 2.75) is 26.2 Å². The Bertz CT molecular complexity index is 318. The molecule has 0 spiro atoms. The van der Waals surface area contributed by atoms with Crippen molar-refractivity contribution in [2.75, 3.05) is 6.61 Å². The summed E-state index contributed by atoms with van der Waals surface area (Å²) in [6.07, 6.45) is 2.89. The quantitative estimate of drug-likeness (QED) is 0.752. The van der Waals surface area contributed by atoms with Crippen LogP contribution in [0.15, 0.2) is 12.1 Å². The second-order valence-electron chi connectivity index (χ2n) is 3.44. The van der Waals surface area contributed by atoms with Crippen molar-refractivity contribution in [1.29, 1.82) is 0 Å². The standard InChI is InChI=1S/C11H14O2/c1-2-3-8-7-11-9(4-5-13-11)6-10(8)12/h6-7,12H,2-5H2,1H3. The first-order valence-electron chi connectivity index (χ1n) is 4.79. The van der Waals surface area contributed by atoms with Crippen LogP contribution >= 0.6 is 0 Å². The molecule has 0 saturated carbocycles. The number of hydrogen-bond acceptors (Lipinski definition) is 2. The highest BCUT2D eigenvalue weighted by Crippen LogP contribution is 2.32. The second kappa shape index (κ2) is 3.29. The molecule has 70 valence electrons. The molecule has 0 amide bonds. The molecule has 2 heteroatoms. The number of phenols is 1. The van der Waals surface area contributed by atoms with Gasteiger partial charge in [0.25, 0.3) is 0 Å². The van der Waals surface area contributed by atoms with Crippen LogP contribution in [-0.4, -0.2) is 11.7 Å². The van der Waals surface area contributed by atoms with E-state index in [0.717, 1.165) is 42.7 Å². The minimum absolute atomic E-state index is 0.422. The lowest BCUT2D eigenvalue weighted by Crippen LogP contribution is -1.88. The average molecular weight is 178 g/mol. The van der Waals surface area contributed by atoms with E-state index in [1.165, 1.54) is 0 Å². The van der Waals surface area contributed by atoms with Crippen LogP contribution in [0.3, 0.4) is 0 Å². The number of ether oxygens (including phenoxy) is 1. The van der Waals surface area contributed by atoms with E-state index in [1.54, 1.807) is 0 Å². The smallest absolute Gasteiger partial charge is 0.123 e. The maximum Gasteiger partial charge on any atom is 0.123 e. The molecule has 1 aromatic carbocycles. The number of rotatable bonds is 2. The van der Waals surface area contributed by atoms with Gasteiger partial charge in [0.15, 0.2) is 0 Å². The molecule has 1 heterocycles. The summed E-state index contributed by atoms with van der Waals surface area (Å²) < 4.78 is 5.43. The highest BCUT2D eigenvalue weighted by molar-refractivity contribution is 5.47. The van der Waals surface area contributed by atoms with Gasteiger partial charge in [-0.1, -0.05) is 13.3 Å². The monoisotopic (exact) mass is 178 g/mol. The van der Waals surface area contributed by atoms with Crippen LogP contribution < -0.4 is 4.74 Å². The maximum atomic E-state index is 9.65. The van der Waals surface area contributed by atoms with Crippen LogP contribution in [-0.2, 0) is 12.8 Å². The first kappa shape index (κ1) is 8.42. The van der Waals surface area contributed by atoms with Gasteiger partial charge in [0.1, 0.15) is 11.5 Å². The Hall–Kier alpha value is -1.18. The highest BCUT2D eigenvalue weighted by atomic mass is 16.5. The van der Waals surface area contributed by atoms with E-state index < -0.39 is 0 Å². The van der Waals surface area contributed by atoms with E-state index in [-0.39, 0.29) is 0 Å². The summed E-state index contributed by atoms with van der Waals surface area (Å²) in [5, 5.41) is 9.65. The Kier molecular flexibility index (Phi) is 2.13. The summed E-state index contributed by atoms with van der Waals surface area (Å²) in [4.78, 5) is 0. The third kappa shape index (κ3) is 1.48. The van der Waals surface area contributed by atoms with Gasteiger partial charge in [-0.2, -0.15) is 0 Å². The molecule has 1 aromatic rings. The van der Waals surface area contributed by atoms with Gasteiger partial charge in [-0.3, -0.25) is 0 Å². The summed E-state index contributed by atoms with van der Waals surface area (Å²) in [5.74, 6) is 1.38. The first-order chi connectivity index (χ1) is 6.31. The molecule has 0 unspecified atom stereocenters. The van der Waals surface area contributed by atoms with Crippen molar-refractivity contribution in [3.63, 3.8) is 0 Å². The minimum atomic E-state index is 0.422.